The molecule has 0 atom stereocenters. The molecular formula is C48H44N2OS. The molecule has 0 aliphatic carbocycles. The number of rotatable bonds is 4. The van der Waals surface area contributed by atoms with Crippen LogP contribution in [0.4, 0.5) is 0 Å². The fourth-order valence-corrected chi connectivity index (χ4v) is 9.17. The van der Waals surface area contributed by atoms with Gasteiger partial charge in [-0.25, -0.2) is 4.98 Å². The Morgan fingerprint density at radius 1 is 0.673 bits per heavy atom. The Hall–Kier alpha value is -5.19. The first-order chi connectivity index (χ1) is 29.3. The van der Waals surface area contributed by atoms with Crippen molar-refractivity contribution in [3.8, 4) is 44.9 Å². The van der Waals surface area contributed by atoms with E-state index in [2.05, 4.69) is 27.7 Å². The Morgan fingerprint density at radius 2 is 1.35 bits per heavy atom. The van der Waals surface area contributed by atoms with Gasteiger partial charge in [0.2, 0.25) is 0 Å². The van der Waals surface area contributed by atoms with Gasteiger partial charge >= 0.3 is 0 Å². The normalized spacial score (nSPS) is 18.8. The van der Waals surface area contributed by atoms with Crippen LogP contribution in [0.15, 0.2) is 109 Å². The van der Waals surface area contributed by atoms with Gasteiger partial charge in [0, 0.05) is 48.2 Å². The maximum Gasteiger partial charge on any atom is 0.195 e. The Kier molecular flexibility index (Phi) is 5.09. The fraction of sp³-hybridized carbons (Fsp3) is 0.229. The second-order valence-corrected chi connectivity index (χ2v) is 15.6. The highest BCUT2D eigenvalue weighted by Gasteiger charge is 2.45. The van der Waals surface area contributed by atoms with Crippen molar-refractivity contribution in [1.29, 1.82) is 0 Å². The van der Waals surface area contributed by atoms with E-state index in [1.54, 1.807) is 24.3 Å². The summed E-state index contributed by atoms with van der Waals surface area (Å²) in [6.45, 7) is 1.01. The van der Waals surface area contributed by atoms with Gasteiger partial charge in [-0.15, -0.1) is 0 Å². The van der Waals surface area contributed by atoms with E-state index in [1.165, 1.54) is 42.5 Å². The molecule has 0 radical (unpaired) electrons. The van der Waals surface area contributed by atoms with Crippen LogP contribution in [-0.2, 0) is 17.2 Å². The largest absolute Gasteiger partial charge is 0.456 e. The molecule has 52 heavy (non-hydrogen) atoms. The van der Waals surface area contributed by atoms with Gasteiger partial charge in [0.1, 0.15) is 11.5 Å². The van der Waals surface area contributed by atoms with Crippen LogP contribution in [0.5, 0.6) is 11.5 Å². The molecule has 0 unspecified atom stereocenters. The summed E-state index contributed by atoms with van der Waals surface area (Å²) in [5.74, 6) is 0.854. The van der Waals surface area contributed by atoms with Crippen molar-refractivity contribution in [3.63, 3.8) is 0 Å². The molecule has 3 nitrogen and oxygen atoms in total. The van der Waals surface area contributed by atoms with Crippen LogP contribution >= 0.6 is 11.3 Å². The average Bonchev–Trinajstić information content (AvgIpc) is 3.73. The molecule has 0 saturated heterocycles. The summed E-state index contributed by atoms with van der Waals surface area (Å²) >= 11 is 1.35. The molecule has 2 aromatic heterocycles. The third-order valence-corrected chi connectivity index (χ3v) is 12.6. The minimum absolute atomic E-state index is 0.0148. The highest BCUT2D eigenvalue weighted by molar-refractivity contribution is 7.24. The first-order valence-electron chi connectivity index (χ1n) is 22.9. The van der Waals surface area contributed by atoms with E-state index in [0.717, 1.165) is 27.7 Å². The van der Waals surface area contributed by atoms with Gasteiger partial charge in [0.25, 0.3) is 0 Å². The maximum absolute atomic E-state index is 9.20. The Morgan fingerprint density at radius 3 is 2.15 bits per heavy atom. The molecule has 0 fully saturated rings. The lowest BCUT2D eigenvalue weighted by molar-refractivity contribution is 0.306. The van der Waals surface area contributed by atoms with Crippen LogP contribution in [0.25, 0.3) is 59.6 Å². The summed E-state index contributed by atoms with van der Waals surface area (Å²) in [5.41, 5.74) is 2.86. The first-order valence-corrected chi connectivity index (χ1v) is 18.2. The molecule has 1 aliphatic heterocycles. The van der Waals surface area contributed by atoms with Gasteiger partial charge in [0.15, 0.2) is 4.96 Å². The molecule has 0 saturated carbocycles. The lowest BCUT2D eigenvalue weighted by Gasteiger charge is -2.41. The van der Waals surface area contributed by atoms with Crippen LogP contribution in [0.1, 0.15) is 83.1 Å². The SMILES string of the molecule is [2H]C([2H])([2H])c1ccc(-c2ccc(C([2H])([2H])C)c(-c3cccc4c3sc3nc5ccccc5n34)c2C([2H])([2H])[2H])c(C([2H])([2H])[2H])c1-c1cccc2c1Oc1ccccc1C(C)(C)C2(C)C. The summed E-state index contributed by atoms with van der Waals surface area (Å²) < 4.78 is 109. The molecule has 6 aromatic carbocycles. The van der Waals surface area contributed by atoms with Gasteiger partial charge in [-0.3, -0.25) is 4.40 Å². The quantitative estimate of drug-likeness (QED) is 0.182. The van der Waals surface area contributed by atoms with Crippen LogP contribution < -0.4 is 4.74 Å². The van der Waals surface area contributed by atoms with Crippen LogP contribution in [0.2, 0.25) is 0 Å². The average molecular weight is 708 g/mol. The van der Waals surface area contributed by atoms with Gasteiger partial charge in [-0.05, 0) is 95.7 Å². The van der Waals surface area contributed by atoms with Gasteiger partial charge in [-0.2, -0.15) is 0 Å². The minimum atomic E-state index is -3.00. The third kappa shape index (κ3) is 4.53. The molecule has 3 heterocycles. The molecule has 4 heteroatoms. The molecule has 0 bridgehead atoms. The minimum Gasteiger partial charge on any atom is -0.456 e. The van der Waals surface area contributed by atoms with E-state index >= 15 is 0 Å². The van der Waals surface area contributed by atoms with E-state index in [1.807, 2.05) is 65.1 Å². The lowest BCUT2D eigenvalue weighted by atomic mass is 9.61. The number of hydrogen-bond donors (Lipinski definition) is 0. The van der Waals surface area contributed by atoms with Crippen molar-refractivity contribution < 1.29 is 19.8 Å². The van der Waals surface area contributed by atoms with E-state index < -0.39 is 37.8 Å². The standard InChI is InChI=1S/C48H44N2OS/c1-9-31-25-27-33(30(4)43(31)35-17-15-22-40-45(35)52-46-49-38-20-11-12-21-39(38)50(40)46)32-26-24-28(2)42(29(32)3)34-16-14-19-37-44(34)51-41-23-13-10-18-36(41)47(5,6)48(37,7)8/h10-27H,9H2,1-8H3/i2D3,3D3,4D3,9D2. The number of aryl methyl sites for hydroxylation is 2. The molecular weight excluding hydrogens is 653 g/mol. The predicted molar refractivity (Wildman–Crippen MR) is 221 cm³/mol. The maximum atomic E-state index is 9.20. The number of para-hydroxylation sites is 4. The number of benzene rings is 6. The third-order valence-electron chi connectivity index (χ3n) is 11.5. The summed E-state index contributed by atoms with van der Waals surface area (Å²) in [4.78, 5) is 5.51. The second kappa shape index (κ2) is 11.7. The molecule has 258 valence electrons. The van der Waals surface area contributed by atoms with Gasteiger partial charge in [0.05, 0.1) is 21.3 Å². The number of thiazole rings is 1. The lowest BCUT2D eigenvalue weighted by Crippen LogP contribution is -2.39. The topological polar surface area (TPSA) is 26.5 Å². The molecule has 0 spiro atoms. The summed E-state index contributed by atoms with van der Waals surface area (Å²) in [5, 5.41) is 0. The van der Waals surface area contributed by atoms with E-state index in [0.29, 0.717) is 26.7 Å². The number of imidazole rings is 1. The molecule has 0 amide bonds. The Bertz CT molecular complexity index is 3160. The van der Waals surface area contributed by atoms with Crippen molar-refractivity contribution in [2.24, 2.45) is 0 Å². The summed E-state index contributed by atoms with van der Waals surface area (Å²) in [6.07, 6.45) is -2.06. The number of nitrogens with zero attached hydrogens (tertiary/aromatic N) is 2. The van der Waals surface area contributed by atoms with Crippen LogP contribution in [0, 0.1) is 20.6 Å². The number of ether oxygens (including phenoxy) is 1. The molecule has 8 aromatic rings. The smallest absolute Gasteiger partial charge is 0.195 e. The summed E-state index contributed by atoms with van der Waals surface area (Å²) in [7, 11) is 0. The number of hydrogen-bond acceptors (Lipinski definition) is 3. The second-order valence-electron chi connectivity index (χ2n) is 14.6. The van der Waals surface area contributed by atoms with Crippen LogP contribution in [-0.4, -0.2) is 9.38 Å². The van der Waals surface area contributed by atoms with Crippen molar-refractivity contribution in [2.45, 2.75) is 72.4 Å². The van der Waals surface area contributed by atoms with E-state index in [4.69, 9.17) is 16.6 Å². The van der Waals surface area contributed by atoms with Crippen molar-refractivity contribution in [1.82, 2.24) is 9.38 Å². The zero-order valence-corrected chi connectivity index (χ0v) is 30.4. The molecule has 0 N–H and O–H groups in total. The van der Waals surface area contributed by atoms with Crippen molar-refractivity contribution >= 4 is 37.5 Å². The number of fused-ring (bicyclic) bond motifs is 7. The summed E-state index contributed by atoms with van der Waals surface area (Å²) in [6, 6.07) is 31.9. The van der Waals surface area contributed by atoms with Gasteiger partial charge in [-0.1, -0.05) is 131 Å². The van der Waals surface area contributed by atoms with Crippen molar-refractivity contribution in [2.75, 3.05) is 0 Å². The Labute approximate surface area is 326 Å². The monoisotopic (exact) mass is 707 g/mol. The molecule has 1 aliphatic rings. The van der Waals surface area contributed by atoms with Crippen molar-refractivity contribution in [3.05, 3.63) is 143 Å². The highest BCUT2D eigenvalue weighted by atomic mass is 32.1. The fourth-order valence-electron chi connectivity index (χ4n) is 8.01. The molecule has 9 rings (SSSR count). The predicted octanol–water partition coefficient (Wildman–Crippen LogP) is 13.6. The highest BCUT2D eigenvalue weighted by Crippen LogP contribution is 2.56. The van der Waals surface area contributed by atoms with Crippen LogP contribution in [0.3, 0.4) is 0 Å². The first kappa shape index (κ1) is 22.7. The Balaban J connectivity index is 1.41. The zero-order valence-electron chi connectivity index (χ0n) is 40.6. The zero-order chi connectivity index (χ0) is 45.4. The van der Waals surface area contributed by atoms with E-state index in [-0.39, 0.29) is 50.1 Å². The van der Waals surface area contributed by atoms with E-state index in [9.17, 15) is 8.22 Å². The number of aromatic nitrogens is 2. The van der Waals surface area contributed by atoms with Gasteiger partial charge < -0.3 is 4.74 Å².